The van der Waals surface area contributed by atoms with E-state index >= 15 is 0 Å². The fourth-order valence-electron chi connectivity index (χ4n) is 2.21. The molecule has 0 aliphatic heterocycles. The Kier molecular flexibility index (Phi) is 7.91. The molecule has 0 aliphatic rings. The molecular formula is C17H27NO4S. The normalized spacial score (nSPS) is 12.9. The fourth-order valence-corrected chi connectivity index (χ4v) is 3.71. The number of benzene rings is 1. The van der Waals surface area contributed by atoms with Gasteiger partial charge < -0.3 is 9.47 Å². The third-order valence-electron chi connectivity index (χ3n) is 3.23. The number of hydrogen-bond donors (Lipinski definition) is 1. The van der Waals surface area contributed by atoms with Crippen LogP contribution in [0.5, 0.6) is 0 Å². The van der Waals surface area contributed by atoms with Crippen molar-refractivity contribution in [1.29, 1.82) is 0 Å². The number of methoxy groups -OCH3 is 1. The fraction of sp³-hybridized carbons (Fsp3) is 0.529. The first kappa shape index (κ1) is 19.8. The van der Waals surface area contributed by atoms with Crippen LogP contribution in [0.15, 0.2) is 35.2 Å². The van der Waals surface area contributed by atoms with Gasteiger partial charge in [-0.15, -0.1) is 0 Å². The Balaban J connectivity index is 2.70. The summed E-state index contributed by atoms with van der Waals surface area (Å²) in [5, 5.41) is 0. The molecule has 0 aromatic heterocycles. The summed E-state index contributed by atoms with van der Waals surface area (Å²) >= 11 is 0. The summed E-state index contributed by atoms with van der Waals surface area (Å²) < 4.78 is 37.9. The van der Waals surface area contributed by atoms with Crippen LogP contribution in [-0.4, -0.2) is 34.5 Å². The van der Waals surface area contributed by atoms with Crippen LogP contribution in [0.25, 0.3) is 6.08 Å². The highest BCUT2D eigenvalue weighted by atomic mass is 32.2. The molecule has 5 nitrogen and oxygen atoms in total. The minimum absolute atomic E-state index is 0.254. The number of allylic oxidation sites excluding steroid dienone is 1. The number of rotatable bonds is 10. The van der Waals surface area contributed by atoms with Crippen LogP contribution in [0.4, 0.5) is 0 Å². The molecule has 0 fully saturated rings. The number of hydrogen-bond acceptors (Lipinski definition) is 4. The Hall–Kier alpha value is -1.21. The van der Waals surface area contributed by atoms with Crippen molar-refractivity contribution in [2.24, 2.45) is 0 Å². The second-order valence-electron chi connectivity index (χ2n) is 5.98. The zero-order valence-electron chi connectivity index (χ0n) is 14.3. The van der Waals surface area contributed by atoms with E-state index in [1.54, 1.807) is 25.3 Å². The Morgan fingerprint density at radius 2 is 2.04 bits per heavy atom. The molecule has 1 N–H and O–H groups in total. The van der Waals surface area contributed by atoms with Crippen LogP contribution >= 0.6 is 0 Å². The molecule has 0 saturated heterocycles. The highest BCUT2D eigenvalue weighted by Gasteiger charge is 2.25. The van der Waals surface area contributed by atoms with Gasteiger partial charge >= 0.3 is 0 Å². The first-order valence-electron chi connectivity index (χ1n) is 7.64. The average molecular weight is 341 g/mol. The summed E-state index contributed by atoms with van der Waals surface area (Å²) in [6.45, 7) is 6.43. The Bertz CT molecular complexity index is 609. The van der Waals surface area contributed by atoms with E-state index in [4.69, 9.17) is 9.47 Å². The van der Waals surface area contributed by atoms with Gasteiger partial charge in [-0.2, -0.15) is 0 Å². The molecule has 1 aromatic carbocycles. The van der Waals surface area contributed by atoms with Gasteiger partial charge in [0, 0.05) is 19.3 Å². The summed E-state index contributed by atoms with van der Waals surface area (Å²) in [5.74, 6) is 0. The Morgan fingerprint density at radius 1 is 1.30 bits per heavy atom. The molecule has 6 heteroatoms. The highest BCUT2D eigenvalue weighted by Crippen LogP contribution is 2.18. The molecule has 1 aromatic rings. The van der Waals surface area contributed by atoms with Crippen LogP contribution in [0, 0.1) is 0 Å². The van der Waals surface area contributed by atoms with E-state index < -0.39 is 15.6 Å². The molecule has 23 heavy (non-hydrogen) atoms. The third kappa shape index (κ3) is 7.26. The predicted molar refractivity (Wildman–Crippen MR) is 92.6 cm³/mol. The lowest BCUT2D eigenvalue weighted by Crippen LogP contribution is -2.43. The first-order chi connectivity index (χ1) is 10.8. The number of ether oxygens (including phenoxy) is 2. The van der Waals surface area contributed by atoms with E-state index in [1.165, 1.54) is 0 Å². The number of nitrogens with one attached hydrogen (secondary N) is 1. The summed E-state index contributed by atoms with van der Waals surface area (Å²) in [6, 6.07) is 6.89. The van der Waals surface area contributed by atoms with E-state index in [1.807, 2.05) is 39.0 Å². The van der Waals surface area contributed by atoms with Crippen molar-refractivity contribution in [3.8, 4) is 0 Å². The smallest absolute Gasteiger partial charge is 0.241 e. The first-order valence-corrected chi connectivity index (χ1v) is 9.12. The summed E-state index contributed by atoms with van der Waals surface area (Å²) in [7, 11) is -1.99. The molecular weight excluding hydrogens is 314 g/mol. The van der Waals surface area contributed by atoms with Crippen molar-refractivity contribution in [3.63, 3.8) is 0 Å². The van der Waals surface area contributed by atoms with Crippen LogP contribution in [0.2, 0.25) is 0 Å². The molecule has 0 saturated carbocycles. The summed E-state index contributed by atoms with van der Waals surface area (Å²) in [4.78, 5) is 0.275. The maximum absolute atomic E-state index is 12.6. The van der Waals surface area contributed by atoms with Crippen LogP contribution in [0.3, 0.4) is 0 Å². The summed E-state index contributed by atoms with van der Waals surface area (Å²) in [6.07, 6.45) is 5.17. The third-order valence-corrected chi connectivity index (χ3v) is 4.93. The molecule has 0 heterocycles. The minimum Gasteiger partial charge on any atom is -0.359 e. The zero-order valence-corrected chi connectivity index (χ0v) is 15.2. The highest BCUT2D eigenvalue weighted by molar-refractivity contribution is 7.89. The van der Waals surface area contributed by atoms with E-state index in [9.17, 15) is 8.42 Å². The quantitative estimate of drug-likeness (QED) is 0.524. The predicted octanol–water partition coefficient (Wildman–Crippen LogP) is 3.18. The molecule has 130 valence electrons. The largest absolute Gasteiger partial charge is 0.359 e. The topological polar surface area (TPSA) is 64.6 Å². The Morgan fingerprint density at radius 3 is 2.70 bits per heavy atom. The second-order valence-corrected chi connectivity index (χ2v) is 7.66. The lowest BCUT2D eigenvalue weighted by Gasteiger charge is -2.26. The lowest BCUT2D eigenvalue weighted by atomic mass is 10.0. The van der Waals surface area contributed by atoms with Crippen LogP contribution in [-0.2, 0) is 19.5 Å². The van der Waals surface area contributed by atoms with Crippen LogP contribution < -0.4 is 4.72 Å². The van der Waals surface area contributed by atoms with Gasteiger partial charge in [0.2, 0.25) is 10.0 Å². The van der Waals surface area contributed by atoms with Gasteiger partial charge in [-0.1, -0.05) is 24.3 Å². The Labute approximate surface area is 139 Å². The van der Waals surface area contributed by atoms with Gasteiger partial charge in [0.25, 0.3) is 0 Å². The zero-order chi connectivity index (χ0) is 17.3. The summed E-state index contributed by atoms with van der Waals surface area (Å²) in [5.41, 5.74) is 0.312. The van der Waals surface area contributed by atoms with Crippen molar-refractivity contribution < 1.29 is 17.9 Å². The van der Waals surface area contributed by atoms with E-state index in [2.05, 4.69) is 4.72 Å². The molecule has 0 atom stereocenters. The monoisotopic (exact) mass is 341 g/mol. The van der Waals surface area contributed by atoms with E-state index in [-0.39, 0.29) is 11.7 Å². The molecule has 0 amide bonds. The van der Waals surface area contributed by atoms with Crippen molar-refractivity contribution in [2.75, 3.05) is 20.5 Å². The van der Waals surface area contributed by atoms with Gasteiger partial charge in [0.1, 0.15) is 6.79 Å². The minimum atomic E-state index is -3.56. The van der Waals surface area contributed by atoms with Crippen molar-refractivity contribution in [1.82, 2.24) is 4.72 Å². The molecule has 0 radical (unpaired) electrons. The SMILES string of the molecule is C/C=C\c1cccc(S(=O)(=O)NC(C)(C)CCCOCOC)c1. The standard InChI is InChI=1S/C17H27NO4S/c1-5-8-15-9-6-10-16(13-15)23(19,20)18-17(2,3)11-7-12-22-14-21-4/h5-6,8-10,13,18H,7,11-12,14H2,1-4H3/b8-5-. The molecule has 0 spiro atoms. The second kappa shape index (κ2) is 9.17. The molecule has 1 rings (SSSR count). The van der Waals surface area contributed by atoms with Crippen molar-refractivity contribution in [2.45, 2.75) is 44.0 Å². The van der Waals surface area contributed by atoms with Crippen LogP contribution in [0.1, 0.15) is 39.2 Å². The van der Waals surface area contributed by atoms with Crippen molar-refractivity contribution >= 4 is 16.1 Å². The van der Waals surface area contributed by atoms with Gasteiger partial charge in [0.05, 0.1) is 4.90 Å². The molecule has 0 bridgehead atoms. The van der Waals surface area contributed by atoms with Gasteiger partial charge in [-0.05, 0) is 51.3 Å². The maximum atomic E-state index is 12.6. The maximum Gasteiger partial charge on any atom is 0.241 e. The molecule has 0 unspecified atom stereocenters. The van der Waals surface area contributed by atoms with Gasteiger partial charge in [0.15, 0.2) is 0 Å². The lowest BCUT2D eigenvalue weighted by molar-refractivity contribution is -0.0324. The van der Waals surface area contributed by atoms with Gasteiger partial charge in [-0.3, -0.25) is 0 Å². The van der Waals surface area contributed by atoms with Gasteiger partial charge in [-0.25, -0.2) is 13.1 Å². The van der Waals surface area contributed by atoms with Crippen molar-refractivity contribution in [3.05, 3.63) is 35.9 Å². The average Bonchev–Trinajstić information content (AvgIpc) is 2.46. The van der Waals surface area contributed by atoms with E-state index in [0.29, 0.717) is 13.0 Å². The number of sulfonamides is 1. The van der Waals surface area contributed by atoms with E-state index in [0.717, 1.165) is 12.0 Å². The molecule has 0 aliphatic carbocycles.